The van der Waals surface area contributed by atoms with Gasteiger partial charge in [0.25, 0.3) is 0 Å². The predicted octanol–water partition coefficient (Wildman–Crippen LogP) is -3.41. The van der Waals surface area contributed by atoms with E-state index in [1.165, 1.54) is 18.7 Å². The molecule has 0 saturated carbocycles. The van der Waals surface area contributed by atoms with Gasteiger partial charge in [-0.2, -0.15) is 0 Å². The number of hydrogen-bond acceptors (Lipinski definition) is 13. The minimum atomic E-state index is -1.78. The molecule has 1 heterocycles. The standard InChI is InChI=1S/C45H75N13O14/c1-23(2)20-30(42(70)56-31(22-36(63)64)43(71)53-27(37(47)65)14-16-33(46)59)55-38(66)25(5)51-40(68)28(12-11-18-50-45(48)49)54-39(67)26(6)58-19-10-8-7-9-13-34(60)52-29(15-17-35(61)62)41(69)57-32(44(58)72)21-24(3)4/h7-8,23-32H,9-22H2,1-6H3,(H2,46,59)(H2,47,65)(H,51,68)(H,52,60)(H,53,71)(H,54,67)(H,55,66)(H,56,70)(H,57,69)(H,61,62)(H,63,64)(H4,48,49,50)/b8-7+/t25-,26?,27-,28-,29-,30-,31-,32-/m0/s1. The molecule has 1 aliphatic heterocycles. The number of hydrogen-bond donors (Lipinski definition) is 13. The summed E-state index contributed by atoms with van der Waals surface area (Å²) < 4.78 is 0. The largest absolute Gasteiger partial charge is 0.481 e. The number of carbonyl (C=O) groups excluding carboxylic acids is 10. The van der Waals surface area contributed by atoms with Crippen molar-refractivity contribution < 1.29 is 67.7 Å². The van der Waals surface area contributed by atoms with E-state index in [-0.39, 0.29) is 95.1 Å². The lowest BCUT2D eigenvalue weighted by molar-refractivity contribution is -0.144. The number of guanidine groups is 1. The highest BCUT2D eigenvalue weighted by Gasteiger charge is 2.37. The summed E-state index contributed by atoms with van der Waals surface area (Å²) in [5, 5.41) is 36.2. The first kappa shape index (κ1) is 62.7. The van der Waals surface area contributed by atoms with Crippen LogP contribution in [0.3, 0.4) is 0 Å². The van der Waals surface area contributed by atoms with Crippen LogP contribution in [0.4, 0.5) is 0 Å². The summed E-state index contributed by atoms with van der Waals surface area (Å²) in [6.07, 6.45) is 1.64. The minimum Gasteiger partial charge on any atom is -0.481 e. The van der Waals surface area contributed by atoms with Gasteiger partial charge in [-0.05, 0) is 77.0 Å². The number of allylic oxidation sites excluding steroid dienone is 1. The first-order valence-corrected chi connectivity index (χ1v) is 23.8. The van der Waals surface area contributed by atoms with E-state index in [1.54, 1.807) is 39.8 Å². The molecule has 0 bridgehead atoms. The molecule has 27 heteroatoms. The van der Waals surface area contributed by atoms with Crippen molar-refractivity contribution >= 4 is 77.0 Å². The fraction of sp³-hybridized carbons (Fsp3) is 0.667. The topological polar surface area (TPSA) is 449 Å². The van der Waals surface area contributed by atoms with Crippen LogP contribution in [0.25, 0.3) is 0 Å². The van der Waals surface area contributed by atoms with Gasteiger partial charge >= 0.3 is 11.9 Å². The smallest absolute Gasteiger partial charge is 0.305 e. The van der Waals surface area contributed by atoms with E-state index in [0.29, 0.717) is 0 Å². The van der Waals surface area contributed by atoms with Crippen molar-refractivity contribution in [1.82, 2.24) is 42.1 Å². The van der Waals surface area contributed by atoms with Gasteiger partial charge in [0.2, 0.25) is 59.1 Å². The number of nitrogens with two attached hydrogens (primary N) is 4. The average Bonchev–Trinajstić information content (AvgIpc) is 3.27. The Bertz CT molecular complexity index is 2010. The maximum Gasteiger partial charge on any atom is 0.305 e. The van der Waals surface area contributed by atoms with Crippen LogP contribution in [-0.2, 0) is 57.5 Å². The van der Waals surface area contributed by atoms with Gasteiger partial charge in [0.1, 0.15) is 48.3 Å². The van der Waals surface area contributed by atoms with E-state index in [1.807, 2.05) is 0 Å². The van der Waals surface area contributed by atoms with Crippen molar-refractivity contribution in [3.8, 4) is 0 Å². The normalized spacial score (nSPS) is 18.5. The van der Waals surface area contributed by atoms with E-state index in [4.69, 9.17) is 22.9 Å². The molecule has 0 aromatic carbocycles. The molecule has 27 nitrogen and oxygen atoms in total. The Labute approximate surface area is 417 Å². The van der Waals surface area contributed by atoms with Crippen molar-refractivity contribution in [1.29, 1.82) is 0 Å². The molecule has 404 valence electrons. The average molecular weight is 1020 g/mol. The molecule has 0 aromatic heterocycles. The Balaban J connectivity index is 3.46. The number of aliphatic imine (C=N–C) groups is 1. The molecule has 1 aliphatic rings. The van der Waals surface area contributed by atoms with Crippen LogP contribution in [0.1, 0.15) is 119 Å². The zero-order chi connectivity index (χ0) is 54.8. The van der Waals surface area contributed by atoms with Crippen LogP contribution in [0.2, 0.25) is 0 Å². The molecule has 8 atom stereocenters. The summed E-state index contributed by atoms with van der Waals surface area (Å²) in [5.74, 6) is -11.9. The zero-order valence-corrected chi connectivity index (χ0v) is 41.8. The van der Waals surface area contributed by atoms with Gasteiger partial charge in [-0.15, -0.1) is 0 Å². The molecule has 0 aliphatic carbocycles. The third kappa shape index (κ3) is 24.5. The number of primary amides is 2. The number of aliphatic carboxylic acids is 2. The van der Waals surface area contributed by atoms with Crippen molar-refractivity contribution in [2.24, 2.45) is 39.8 Å². The van der Waals surface area contributed by atoms with Crippen LogP contribution in [0.5, 0.6) is 0 Å². The molecule has 1 rings (SSSR count). The van der Waals surface area contributed by atoms with Crippen molar-refractivity contribution in [2.45, 2.75) is 167 Å². The summed E-state index contributed by atoms with van der Waals surface area (Å²) in [7, 11) is 0. The lowest BCUT2D eigenvalue weighted by atomic mass is 10.00. The molecular weight excluding hydrogens is 947 g/mol. The first-order chi connectivity index (χ1) is 33.6. The number of carboxylic acid groups (broad SMARTS) is 2. The Morgan fingerprint density at radius 1 is 0.681 bits per heavy atom. The molecule has 0 saturated heterocycles. The van der Waals surface area contributed by atoms with Crippen molar-refractivity contribution in [2.75, 3.05) is 13.1 Å². The Hall–Kier alpha value is -7.35. The third-order valence-corrected chi connectivity index (χ3v) is 11.0. The second-order valence-corrected chi connectivity index (χ2v) is 18.3. The van der Waals surface area contributed by atoms with Crippen LogP contribution in [-0.4, -0.2) is 154 Å². The van der Waals surface area contributed by atoms with E-state index in [2.05, 4.69) is 42.2 Å². The molecule has 17 N–H and O–H groups in total. The van der Waals surface area contributed by atoms with E-state index in [9.17, 15) is 67.7 Å². The highest BCUT2D eigenvalue weighted by molar-refractivity contribution is 5.98. The van der Waals surface area contributed by atoms with Gasteiger partial charge in [-0.1, -0.05) is 39.8 Å². The van der Waals surface area contributed by atoms with Crippen LogP contribution < -0.4 is 60.2 Å². The van der Waals surface area contributed by atoms with Crippen LogP contribution >= 0.6 is 0 Å². The molecule has 0 radical (unpaired) electrons. The molecule has 1 unspecified atom stereocenters. The Morgan fingerprint density at radius 2 is 1.26 bits per heavy atom. The van der Waals surface area contributed by atoms with Crippen LogP contribution in [0, 0.1) is 11.8 Å². The van der Waals surface area contributed by atoms with Gasteiger partial charge in [-0.25, -0.2) is 0 Å². The molecule has 0 fully saturated rings. The number of nitrogens with one attached hydrogen (secondary N) is 7. The van der Waals surface area contributed by atoms with Crippen molar-refractivity contribution in [3.05, 3.63) is 12.2 Å². The summed E-state index contributed by atoms with van der Waals surface area (Å²) in [4.78, 5) is 161. The number of rotatable bonds is 28. The van der Waals surface area contributed by atoms with E-state index < -0.39 is 132 Å². The number of amides is 10. The second kappa shape index (κ2) is 31.8. The van der Waals surface area contributed by atoms with Gasteiger partial charge < -0.3 is 75.3 Å². The summed E-state index contributed by atoms with van der Waals surface area (Å²) in [6.45, 7) is 9.69. The van der Waals surface area contributed by atoms with Gasteiger partial charge in [-0.3, -0.25) is 62.5 Å². The van der Waals surface area contributed by atoms with Crippen LogP contribution in [0.15, 0.2) is 17.1 Å². The number of carboxylic acids is 2. The van der Waals surface area contributed by atoms with E-state index >= 15 is 0 Å². The summed E-state index contributed by atoms with van der Waals surface area (Å²) in [6, 6.07) is -11.2. The summed E-state index contributed by atoms with van der Waals surface area (Å²) in [5.41, 5.74) is 21.4. The monoisotopic (exact) mass is 1020 g/mol. The highest BCUT2D eigenvalue weighted by Crippen LogP contribution is 2.15. The molecular formula is C45H75N13O14. The fourth-order valence-electron chi connectivity index (χ4n) is 7.21. The molecule has 0 aromatic rings. The van der Waals surface area contributed by atoms with E-state index in [0.717, 1.165) is 0 Å². The fourth-order valence-corrected chi connectivity index (χ4v) is 7.21. The van der Waals surface area contributed by atoms with Gasteiger partial charge in [0.05, 0.1) is 6.42 Å². The molecule has 72 heavy (non-hydrogen) atoms. The molecule has 10 amide bonds. The number of carbonyl (C=O) groups is 12. The quantitative estimate of drug-likeness (QED) is 0.0157. The maximum atomic E-state index is 14.4. The minimum absolute atomic E-state index is 0.0100. The maximum absolute atomic E-state index is 14.4. The second-order valence-electron chi connectivity index (χ2n) is 18.3. The zero-order valence-electron chi connectivity index (χ0n) is 41.8. The number of nitrogens with zero attached hydrogens (tertiary/aromatic N) is 2. The van der Waals surface area contributed by atoms with Gasteiger partial charge in [0.15, 0.2) is 5.96 Å². The summed E-state index contributed by atoms with van der Waals surface area (Å²) >= 11 is 0. The lowest BCUT2D eigenvalue weighted by Gasteiger charge is -2.34. The lowest BCUT2D eigenvalue weighted by Crippen LogP contribution is -2.60. The Morgan fingerprint density at radius 3 is 1.83 bits per heavy atom. The predicted molar refractivity (Wildman–Crippen MR) is 259 cm³/mol. The first-order valence-electron chi connectivity index (χ1n) is 23.8. The SMILES string of the molecule is CC(C)C[C@H](NC(=O)[C@H](C)NC(=O)[C@H](CCCN=C(N)N)NC(=O)C(C)N1CC/C=C/CCC(=O)N[C@@H](CCC(=O)O)C(=O)N[C@@H](CC(C)C)C1=O)C(=O)N[C@@H](CC(=O)O)C(=O)N[C@@H](CCC(N)=O)C(N)=O. The Kier molecular flexibility index (Phi) is 27.7. The van der Waals surface area contributed by atoms with Gasteiger partial charge in [0, 0.05) is 32.4 Å². The highest BCUT2D eigenvalue weighted by atomic mass is 16.4. The third-order valence-electron chi connectivity index (χ3n) is 11.0. The van der Waals surface area contributed by atoms with Crippen molar-refractivity contribution in [3.63, 3.8) is 0 Å². The molecule has 0 spiro atoms.